The van der Waals surface area contributed by atoms with Gasteiger partial charge in [0.05, 0.1) is 0 Å². The van der Waals surface area contributed by atoms with Crippen molar-refractivity contribution in [2.24, 2.45) is 0 Å². The first-order chi connectivity index (χ1) is 4.33. The Morgan fingerprint density at radius 3 is 2.78 bits per heavy atom. The third-order valence-electron chi connectivity index (χ3n) is 0.748. The Hall–Kier alpha value is -0.700. The zero-order valence-electron chi connectivity index (χ0n) is 4.37. The summed E-state index contributed by atoms with van der Waals surface area (Å²) >= 11 is 2.03. The molecule has 0 bridgehead atoms. The first kappa shape index (κ1) is 6.42. The Kier molecular flexibility index (Phi) is 1.95. The van der Waals surface area contributed by atoms with E-state index in [1.54, 1.807) is 6.07 Å². The van der Waals surface area contributed by atoms with E-state index >= 15 is 0 Å². The van der Waals surface area contributed by atoms with Crippen LogP contribution in [0.15, 0.2) is 12.4 Å². The maximum Gasteiger partial charge on any atom is 0.144 e. The minimum absolute atomic E-state index is 0.411. The maximum atomic E-state index is 8.32. The summed E-state index contributed by atoms with van der Waals surface area (Å²) in [5.41, 5.74) is 0.411. The quantitative estimate of drug-likeness (QED) is 0.493. The van der Waals surface area contributed by atoms with Gasteiger partial charge in [0, 0.05) is 6.07 Å². The van der Waals surface area contributed by atoms with Gasteiger partial charge >= 0.3 is 0 Å². The maximum absolute atomic E-state index is 8.32. The molecular formula is C5H2IN3. The van der Waals surface area contributed by atoms with Crippen molar-refractivity contribution < 1.29 is 0 Å². The topological polar surface area (TPSA) is 49.6 Å². The van der Waals surface area contributed by atoms with Gasteiger partial charge in [0.1, 0.15) is 21.8 Å². The Bertz CT molecular complexity index is 253. The highest BCUT2D eigenvalue weighted by molar-refractivity contribution is 14.1. The zero-order chi connectivity index (χ0) is 6.69. The van der Waals surface area contributed by atoms with E-state index in [2.05, 4.69) is 9.97 Å². The van der Waals surface area contributed by atoms with Crippen molar-refractivity contribution in [1.29, 1.82) is 5.26 Å². The van der Waals surface area contributed by atoms with Crippen molar-refractivity contribution in [3.63, 3.8) is 0 Å². The number of hydrogen-bond donors (Lipinski definition) is 0. The van der Waals surface area contributed by atoms with Gasteiger partial charge in [-0.25, -0.2) is 9.97 Å². The normalized spacial score (nSPS) is 8.44. The van der Waals surface area contributed by atoms with E-state index in [0.29, 0.717) is 5.69 Å². The standard InChI is InChI=1S/C5H2IN3/c6-5-1-4(2-7)8-3-9-5/h1,3H. The minimum Gasteiger partial charge on any atom is -0.230 e. The van der Waals surface area contributed by atoms with Gasteiger partial charge in [0.15, 0.2) is 0 Å². The molecule has 4 heteroatoms. The summed E-state index contributed by atoms with van der Waals surface area (Å²) in [7, 11) is 0. The number of aromatic nitrogens is 2. The number of halogens is 1. The molecule has 0 spiro atoms. The Morgan fingerprint density at radius 2 is 2.33 bits per heavy atom. The van der Waals surface area contributed by atoms with E-state index in [9.17, 15) is 0 Å². The molecule has 0 saturated heterocycles. The van der Waals surface area contributed by atoms with E-state index in [1.807, 2.05) is 28.7 Å². The van der Waals surface area contributed by atoms with Crippen molar-refractivity contribution >= 4 is 22.6 Å². The van der Waals surface area contributed by atoms with Crippen LogP contribution in [0.5, 0.6) is 0 Å². The molecule has 0 unspecified atom stereocenters. The zero-order valence-corrected chi connectivity index (χ0v) is 6.53. The fraction of sp³-hybridized carbons (Fsp3) is 0. The predicted molar refractivity (Wildman–Crippen MR) is 39.5 cm³/mol. The number of hydrogen-bond acceptors (Lipinski definition) is 3. The molecule has 0 radical (unpaired) electrons. The SMILES string of the molecule is N#Cc1cc(I)ncn1. The summed E-state index contributed by atoms with van der Waals surface area (Å²) in [6, 6.07) is 3.54. The first-order valence-electron chi connectivity index (χ1n) is 2.20. The number of nitrogens with zero attached hydrogens (tertiary/aromatic N) is 3. The van der Waals surface area contributed by atoms with Gasteiger partial charge in [-0.2, -0.15) is 5.26 Å². The van der Waals surface area contributed by atoms with E-state index in [-0.39, 0.29) is 0 Å². The molecule has 0 aliphatic heterocycles. The average molecular weight is 231 g/mol. The van der Waals surface area contributed by atoms with E-state index in [1.165, 1.54) is 6.33 Å². The lowest BCUT2D eigenvalue weighted by molar-refractivity contribution is 1.11. The lowest BCUT2D eigenvalue weighted by Crippen LogP contribution is -1.85. The van der Waals surface area contributed by atoms with Crippen LogP contribution in [0.1, 0.15) is 5.69 Å². The van der Waals surface area contributed by atoms with Crippen LogP contribution in [0.2, 0.25) is 0 Å². The molecule has 0 amide bonds. The molecule has 9 heavy (non-hydrogen) atoms. The molecule has 0 aliphatic carbocycles. The van der Waals surface area contributed by atoms with Crippen LogP contribution in [0, 0.1) is 15.0 Å². The average Bonchev–Trinajstić information content (AvgIpc) is 1.88. The third kappa shape index (κ3) is 1.61. The third-order valence-corrected chi connectivity index (χ3v) is 1.34. The fourth-order valence-electron chi connectivity index (χ4n) is 0.395. The number of rotatable bonds is 0. The highest BCUT2D eigenvalue weighted by Crippen LogP contribution is 1.98. The summed E-state index contributed by atoms with van der Waals surface area (Å²) in [6.45, 7) is 0. The van der Waals surface area contributed by atoms with Crippen molar-refractivity contribution in [2.75, 3.05) is 0 Å². The van der Waals surface area contributed by atoms with Crippen molar-refractivity contribution in [2.45, 2.75) is 0 Å². The van der Waals surface area contributed by atoms with E-state index in [4.69, 9.17) is 5.26 Å². The molecule has 44 valence electrons. The van der Waals surface area contributed by atoms with Crippen molar-refractivity contribution in [3.8, 4) is 6.07 Å². The Balaban J connectivity index is 3.12. The Morgan fingerprint density at radius 1 is 1.56 bits per heavy atom. The summed E-state index contributed by atoms with van der Waals surface area (Å²) in [6.07, 6.45) is 1.38. The van der Waals surface area contributed by atoms with Crippen LogP contribution in [0.4, 0.5) is 0 Å². The monoisotopic (exact) mass is 231 g/mol. The highest BCUT2D eigenvalue weighted by Gasteiger charge is 1.90. The second kappa shape index (κ2) is 2.73. The predicted octanol–water partition coefficient (Wildman–Crippen LogP) is 0.953. The molecule has 1 aromatic rings. The van der Waals surface area contributed by atoms with Crippen LogP contribution >= 0.6 is 22.6 Å². The molecule has 0 saturated carbocycles. The molecule has 0 fully saturated rings. The van der Waals surface area contributed by atoms with Gasteiger partial charge in [-0.3, -0.25) is 0 Å². The van der Waals surface area contributed by atoms with Crippen LogP contribution in [0.3, 0.4) is 0 Å². The molecule has 1 heterocycles. The van der Waals surface area contributed by atoms with Gasteiger partial charge in [0.25, 0.3) is 0 Å². The Labute approximate surface area is 65.9 Å². The van der Waals surface area contributed by atoms with Crippen molar-refractivity contribution in [1.82, 2.24) is 9.97 Å². The minimum atomic E-state index is 0.411. The number of nitriles is 1. The fourth-order valence-corrected chi connectivity index (χ4v) is 0.814. The molecular weight excluding hydrogens is 229 g/mol. The lowest BCUT2D eigenvalue weighted by Gasteiger charge is -1.85. The van der Waals surface area contributed by atoms with Gasteiger partial charge in [-0.1, -0.05) is 0 Å². The molecule has 3 nitrogen and oxygen atoms in total. The molecule has 0 aromatic carbocycles. The molecule has 0 aliphatic rings. The first-order valence-corrected chi connectivity index (χ1v) is 3.28. The van der Waals surface area contributed by atoms with Gasteiger partial charge in [0.2, 0.25) is 0 Å². The van der Waals surface area contributed by atoms with Crippen LogP contribution < -0.4 is 0 Å². The summed E-state index contributed by atoms with van der Waals surface area (Å²) in [4.78, 5) is 7.49. The second-order valence-electron chi connectivity index (χ2n) is 1.34. The van der Waals surface area contributed by atoms with Crippen LogP contribution in [0.25, 0.3) is 0 Å². The van der Waals surface area contributed by atoms with Gasteiger partial charge in [-0.05, 0) is 22.6 Å². The van der Waals surface area contributed by atoms with E-state index < -0.39 is 0 Å². The van der Waals surface area contributed by atoms with Crippen LogP contribution in [-0.2, 0) is 0 Å². The smallest absolute Gasteiger partial charge is 0.144 e. The molecule has 0 N–H and O–H groups in total. The molecule has 0 atom stereocenters. The second-order valence-corrected chi connectivity index (χ2v) is 2.44. The summed E-state index contributed by atoms with van der Waals surface area (Å²) in [5, 5.41) is 8.32. The van der Waals surface area contributed by atoms with Gasteiger partial charge < -0.3 is 0 Å². The van der Waals surface area contributed by atoms with Gasteiger partial charge in [-0.15, -0.1) is 0 Å². The molecule has 1 rings (SSSR count). The lowest BCUT2D eigenvalue weighted by atomic mass is 10.5. The van der Waals surface area contributed by atoms with Crippen LogP contribution in [-0.4, -0.2) is 9.97 Å². The van der Waals surface area contributed by atoms with Crippen molar-refractivity contribution in [3.05, 3.63) is 21.8 Å². The van der Waals surface area contributed by atoms with E-state index in [0.717, 1.165) is 3.70 Å². The largest absolute Gasteiger partial charge is 0.230 e. The summed E-state index contributed by atoms with van der Waals surface area (Å²) in [5.74, 6) is 0. The summed E-state index contributed by atoms with van der Waals surface area (Å²) < 4.78 is 0.791. The highest BCUT2D eigenvalue weighted by atomic mass is 127. The molecule has 1 aromatic heterocycles.